The number of nitrogens with zero attached hydrogens (tertiary/aromatic N) is 5. The van der Waals surface area contributed by atoms with E-state index in [-0.39, 0.29) is 109 Å². The summed E-state index contributed by atoms with van der Waals surface area (Å²) >= 11 is 0. The van der Waals surface area contributed by atoms with Gasteiger partial charge in [-0.05, 0) is 156 Å². The second-order valence-electron chi connectivity index (χ2n) is 38.3. The van der Waals surface area contributed by atoms with Gasteiger partial charge in [-0.1, -0.05) is 165 Å². The number of Topliss-reactive ketones (excluding diaryl/α,β-unsaturated/α-hetero) is 2. The zero-order valence-corrected chi connectivity index (χ0v) is 88.2. The van der Waals surface area contributed by atoms with Crippen molar-refractivity contribution in [2.75, 3.05) is 87.5 Å². The van der Waals surface area contributed by atoms with E-state index in [1.165, 1.54) is 73.6 Å². The number of nitrogens with one attached hydrogen (secondary N) is 5. The highest BCUT2D eigenvalue weighted by Crippen LogP contribution is 2.44. The third-order valence-corrected chi connectivity index (χ3v) is 23.9. The maximum Gasteiger partial charge on any atom is 0.410 e. The number of hydrogen-bond donors (Lipinski definition) is 9. The lowest BCUT2D eigenvalue weighted by Crippen LogP contribution is -2.49. The summed E-state index contributed by atoms with van der Waals surface area (Å²) in [5.74, 6) is -6.18. The van der Waals surface area contributed by atoms with Crippen LogP contribution in [0.25, 0.3) is 22.3 Å². The highest BCUT2D eigenvalue weighted by molar-refractivity contribution is 5.99. The molecule has 9 amide bonds. The summed E-state index contributed by atoms with van der Waals surface area (Å²) < 4.78 is 57.1. The summed E-state index contributed by atoms with van der Waals surface area (Å²) in [6, 6.07) is 32.1. The van der Waals surface area contributed by atoms with E-state index in [0.29, 0.717) is 106 Å². The lowest BCUT2D eigenvalue weighted by atomic mass is 9.89. The molecule has 6 aromatic carbocycles. The zero-order valence-electron chi connectivity index (χ0n) is 87.3. The van der Waals surface area contributed by atoms with Crippen LogP contribution >= 0.6 is 12.4 Å². The van der Waals surface area contributed by atoms with E-state index in [4.69, 9.17) is 74.3 Å². The van der Waals surface area contributed by atoms with Gasteiger partial charge in [-0.25, -0.2) is 33.6 Å². The number of carbonyl (C=O) groups excluding carboxylic acids is 13. The Kier molecular flexibility index (Phi) is 50.7. The van der Waals surface area contributed by atoms with Crippen molar-refractivity contribution in [3.8, 4) is 51.3 Å². The molecule has 11 atom stereocenters. The summed E-state index contributed by atoms with van der Waals surface area (Å²) in [7, 11) is 5.42. The van der Waals surface area contributed by atoms with Gasteiger partial charge in [0.2, 0.25) is 29.5 Å². The van der Waals surface area contributed by atoms with E-state index in [1.54, 1.807) is 128 Å². The van der Waals surface area contributed by atoms with Gasteiger partial charge >= 0.3 is 42.3 Å². The minimum atomic E-state index is -1.25. The number of nitrogens with two attached hydrogens (primary N) is 2. The minimum absolute atomic E-state index is 0. The molecule has 11 N–H and O–H groups in total. The van der Waals surface area contributed by atoms with Gasteiger partial charge < -0.3 is 105 Å². The van der Waals surface area contributed by atoms with Gasteiger partial charge in [-0.15, -0.1) is 12.4 Å². The molecule has 2 fully saturated rings. The molecule has 4 aliphatic heterocycles. The third kappa shape index (κ3) is 38.9. The average molecular weight is 2070 g/mol. The molecule has 0 aromatic heterocycles. The molecule has 804 valence electrons. The van der Waals surface area contributed by atoms with Gasteiger partial charge in [-0.2, -0.15) is 5.26 Å². The van der Waals surface area contributed by atoms with E-state index in [9.17, 15) is 67.1 Å². The van der Waals surface area contributed by atoms with Crippen molar-refractivity contribution in [2.24, 2.45) is 23.3 Å². The summed E-state index contributed by atoms with van der Waals surface area (Å²) in [5.41, 5.74) is 17.0. The van der Waals surface area contributed by atoms with Crippen LogP contribution in [0.4, 0.5) is 19.2 Å². The molecule has 2 saturated heterocycles. The Labute approximate surface area is 867 Å². The fourth-order valence-corrected chi connectivity index (χ4v) is 16.5. The molecule has 6 aromatic rings. The number of fused-ring (bicyclic) bond motifs is 10. The van der Waals surface area contributed by atoms with Gasteiger partial charge in [0.15, 0.2) is 11.6 Å². The van der Waals surface area contributed by atoms with Crippen molar-refractivity contribution in [3.63, 3.8) is 0 Å². The molecule has 4 aliphatic rings. The van der Waals surface area contributed by atoms with Crippen molar-refractivity contribution in [1.82, 2.24) is 46.2 Å². The number of halogens is 1. The predicted molar refractivity (Wildman–Crippen MR) is 551 cm³/mol. The smallest absolute Gasteiger partial charge is 0.410 e. The first-order valence-corrected chi connectivity index (χ1v) is 49.8. The van der Waals surface area contributed by atoms with E-state index in [1.807, 2.05) is 87.5 Å². The summed E-state index contributed by atoms with van der Waals surface area (Å²) in [6.45, 7) is 22.2. The number of carboxylic acids is 1. The number of hydrogen-bond acceptors (Lipinski definition) is 28. The molecule has 8 bridgehead atoms. The number of likely N-dealkylation sites (tertiary alicyclic amines) is 2. The van der Waals surface area contributed by atoms with Gasteiger partial charge in [0.05, 0.1) is 53.2 Å². The fourth-order valence-electron chi connectivity index (χ4n) is 16.5. The zero-order chi connectivity index (χ0) is 107. The number of ketones is 2. The standard InChI is InChI=1S/2C46H59N5O11.C13H25NO4.C3H5N.ClH/c2*1-8-19-59-39-17-15-31-24-34(39)33-22-30(14-16-38(33)60-20-18-48-44(56)62-46(3,4)5)23-35(43(55)58-7)49-41(53)28(2)21-37(52)40(31)50(6)42(54)36-25-32(47)26-51(36)45(57)61-27-29-12-10-9-11-13-29;1-2-3-4-5-6-7-8-9-12(16)14-11(10-15)13(17)18;1-2-3-4;/h2*9-17,22,24,28,32,35-36,40H,8,18-21,23,25-27,47H2,1-7H3,(H,48,56)(H,49,53);11,15H,2-10H2,1H3,(H,14,16)(H,17,18);2H2,1H3;1H/t2*28-,32?,35+,36+,40+;11-;;/m111../s1. The Balaban J connectivity index is 0.000000370. The first-order valence-electron chi connectivity index (χ1n) is 49.8. The van der Waals surface area contributed by atoms with Gasteiger partial charge in [0, 0.05) is 112 Å². The number of aliphatic hydroxyl groups excluding tert-OH is 1. The second kappa shape index (κ2) is 61.1. The number of carboxylic acid groups (broad SMARTS) is 1. The molecule has 147 heavy (non-hydrogen) atoms. The third-order valence-electron chi connectivity index (χ3n) is 23.9. The average Bonchev–Trinajstić information content (AvgIpc) is 1.75. The van der Waals surface area contributed by atoms with Crippen LogP contribution in [0.15, 0.2) is 133 Å². The first-order chi connectivity index (χ1) is 69.5. The highest BCUT2D eigenvalue weighted by atomic mass is 35.5. The van der Waals surface area contributed by atoms with Crippen LogP contribution in [0.2, 0.25) is 0 Å². The van der Waals surface area contributed by atoms with Crippen LogP contribution in [0, 0.1) is 23.2 Å². The molecular weight excluding hydrogens is 1920 g/mol. The summed E-state index contributed by atoms with van der Waals surface area (Å²) in [4.78, 5) is 191. The Hall–Kier alpha value is -13.6. The van der Waals surface area contributed by atoms with E-state index in [2.05, 4.69) is 33.5 Å². The van der Waals surface area contributed by atoms with Crippen LogP contribution < -0.4 is 57.0 Å². The van der Waals surface area contributed by atoms with Crippen LogP contribution in [-0.2, 0) is 102 Å². The molecular formula is C108H149ClN12O26. The molecule has 39 heteroatoms. The molecule has 0 saturated carbocycles. The number of unbranched alkanes of at least 4 members (excludes halogenated alkanes) is 6. The molecule has 10 rings (SSSR count). The number of benzene rings is 6. The Morgan fingerprint density at radius 1 is 0.510 bits per heavy atom. The molecule has 4 heterocycles. The number of ether oxygens (including phenoxy) is 10. The molecule has 0 aliphatic carbocycles. The van der Waals surface area contributed by atoms with Crippen LogP contribution in [0.3, 0.4) is 0 Å². The maximum absolute atomic E-state index is 14.6. The number of amides is 9. The number of esters is 2. The second-order valence-corrected chi connectivity index (χ2v) is 38.3. The lowest BCUT2D eigenvalue weighted by Gasteiger charge is -2.33. The minimum Gasteiger partial charge on any atom is -0.493 e. The van der Waals surface area contributed by atoms with Crippen LogP contribution in [0.5, 0.6) is 23.0 Å². The number of methoxy groups -OCH3 is 2. The topological polar surface area (TPSA) is 521 Å². The van der Waals surface area contributed by atoms with Gasteiger partial charge in [0.25, 0.3) is 0 Å². The number of aliphatic carboxylic acids is 1. The molecule has 0 radical (unpaired) electrons. The van der Waals surface area contributed by atoms with Crippen molar-refractivity contribution >= 4 is 95.8 Å². The predicted octanol–water partition coefficient (Wildman–Crippen LogP) is 13.2. The molecule has 38 nitrogen and oxygen atoms in total. The Bertz CT molecular complexity index is 5110. The molecule has 0 spiro atoms. The highest BCUT2D eigenvalue weighted by Gasteiger charge is 2.46. The van der Waals surface area contributed by atoms with Crippen LogP contribution in [-0.4, -0.2) is 254 Å². The Morgan fingerprint density at radius 3 is 1.22 bits per heavy atom. The Morgan fingerprint density at radius 2 is 0.871 bits per heavy atom. The van der Waals surface area contributed by atoms with E-state index >= 15 is 0 Å². The fraction of sp³-hybridized carbons (Fsp3) is 0.528. The number of likely N-dealkylation sites (N-methyl/N-ethyl adjacent to an activating group) is 2. The quantitative estimate of drug-likeness (QED) is 0.0101. The SMILES string of the molecule is CCC#N.CCCCCCCCCC(=O)N[C@H](CO)C(=O)O.CCCOc1ccc2cc1-c1cc(ccc1OCCNC(=O)OC(C)(C)C)C[C@@H](C(=O)OC)NC(=O)[C@H](C)CC(=O)[C@H]2N(C)C(=O)[C@@H]1CC(N)CN1C(=O)OCc1ccccc1.CCCOc1ccc2cc1-c1cc(ccc1OCCNC(=O)OC(C)(C)C)C[C@@H](C(=O)OC)NC(=O)[C@H](C)CC(=O)[C@H]2N(C)C(=O)[C@@H]1CC(N)CN1C(=O)OCc1ccccc1.Cl. The first kappa shape index (κ1) is 122. The lowest BCUT2D eigenvalue weighted by molar-refractivity contribution is -0.146. The van der Waals surface area contributed by atoms with E-state index < -0.39 is 161 Å². The monoisotopic (exact) mass is 2070 g/mol. The van der Waals surface area contributed by atoms with Crippen molar-refractivity contribution in [1.29, 1.82) is 5.26 Å². The number of rotatable bonds is 35. The normalized spacial score (nSPS) is 18.7. The van der Waals surface area contributed by atoms with Crippen molar-refractivity contribution in [2.45, 2.75) is 271 Å². The number of alkyl carbamates (subject to hydrolysis) is 2. The van der Waals surface area contributed by atoms with Crippen LogP contribution in [0.1, 0.15) is 225 Å². The van der Waals surface area contributed by atoms with Crippen molar-refractivity contribution < 1.29 is 125 Å². The summed E-state index contributed by atoms with van der Waals surface area (Å²) in [5, 5.41) is 38.2. The number of carbonyl (C=O) groups is 14. The molecule has 2 unspecified atom stereocenters. The largest absolute Gasteiger partial charge is 0.493 e. The van der Waals surface area contributed by atoms with E-state index in [0.717, 1.165) is 30.4 Å². The number of nitriles is 1. The summed E-state index contributed by atoms with van der Waals surface area (Å²) in [6.07, 6.45) is 7.24. The maximum atomic E-state index is 14.6. The number of aliphatic hydroxyl groups is 1. The van der Waals surface area contributed by atoms with Gasteiger partial charge in [0.1, 0.15) is 103 Å². The van der Waals surface area contributed by atoms with Gasteiger partial charge in [-0.3, -0.25) is 43.4 Å². The van der Waals surface area contributed by atoms with Crippen molar-refractivity contribution in [3.05, 3.63) is 167 Å².